The van der Waals surface area contributed by atoms with Gasteiger partial charge in [-0.3, -0.25) is 5.10 Å². The first-order valence-corrected chi connectivity index (χ1v) is 7.57. The van der Waals surface area contributed by atoms with Crippen LogP contribution in [-0.2, 0) is 0 Å². The number of pyridine rings is 1. The first-order chi connectivity index (χ1) is 10.9. The van der Waals surface area contributed by atoms with Gasteiger partial charge in [0.25, 0.3) is 0 Å². The molecule has 3 aromatic rings. The van der Waals surface area contributed by atoms with E-state index in [0.717, 1.165) is 16.6 Å². The van der Waals surface area contributed by atoms with E-state index in [4.69, 9.17) is 0 Å². The summed E-state index contributed by atoms with van der Waals surface area (Å²) < 4.78 is 30.6. The Labute approximate surface area is 139 Å². The molecule has 0 spiro atoms. The molecule has 0 amide bonds. The van der Waals surface area contributed by atoms with Crippen LogP contribution in [0, 0.1) is 13.8 Å². The van der Waals surface area contributed by atoms with Crippen molar-refractivity contribution in [3.63, 3.8) is 0 Å². The van der Waals surface area contributed by atoms with Gasteiger partial charge in [-0.25, -0.2) is 4.98 Å². The number of alkyl halides is 2. The SMILES string of the molecule is Cc1[nH]nc(Nc2cc3ccc(Br)nc3cc2OC(F)F)c1C. The number of rotatable bonds is 4. The van der Waals surface area contributed by atoms with E-state index in [0.29, 0.717) is 21.6 Å². The molecule has 0 aliphatic rings. The summed E-state index contributed by atoms with van der Waals surface area (Å²) in [5, 5.41) is 10.8. The van der Waals surface area contributed by atoms with Crippen molar-refractivity contribution in [1.82, 2.24) is 15.2 Å². The number of nitrogens with zero attached hydrogens (tertiary/aromatic N) is 2. The maximum atomic E-state index is 12.7. The molecule has 0 aliphatic heterocycles. The molecular weight excluding hydrogens is 370 g/mol. The molecule has 0 radical (unpaired) electrons. The van der Waals surface area contributed by atoms with Crippen molar-refractivity contribution in [1.29, 1.82) is 0 Å². The predicted molar refractivity (Wildman–Crippen MR) is 87.4 cm³/mol. The summed E-state index contributed by atoms with van der Waals surface area (Å²) >= 11 is 3.26. The molecule has 0 saturated heterocycles. The Morgan fingerprint density at radius 1 is 1.26 bits per heavy atom. The Kier molecular flexibility index (Phi) is 4.16. The molecule has 0 saturated carbocycles. The summed E-state index contributed by atoms with van der Waals surface area (Å²) in [5.74, 6) is 0.573. The molecule has 0 unspecified atom stereocenters. The highest BCUT2D eigenvalue weighted by Crippen LogP contribution is 2.34. The van der Waals surface area contributed by atoms with Crippen LogP contribution in [0.4, 0.5) is 20.3 Å². The third-order valence-corrected chi connectivity index (χ3v) is 3.92. The van der Waals surface area contributed by atoms with Crippen LogP contribution in [0.2, 0.25) is 0 Å². The van der Waals surface area contributed by atoms with Gasteiger partial charge in [0.2, 0.25) is 0 Å². The molecule has 0 bridgehead atoms. The van der Waals surface area contributed by atoms with Crippen LogP contribution in [0.15, 0.2) is 28.9 Å². The highest BCUT2D eigenvalue weighted by Gasteiger charge is 2.15. The van der Waals surface area contributed by atoms with Gasteiger partial charge in [0.05, 0.1) is 11.2 Å². The minimum atomic E-state index is -2.93. The van der Waals surface area contributed by atoms with E-state index in [1.54, 1.807) is 12.1 Å². The molecule has 23 heavy (non-hydrogen) atoms. The number of nitrogens with one attached hydrogen (secondary N) is 2. The third-order valence-electron chi connectivity index (χ3n) is 3.48. The zero-order chi connectivity index (χ0) is 16.6. The normalized spacial score (nSPS) is 11.2. The van der Waals surface area contributed by atoms with Gasteiger partial charge in [-0.2, -0.15) is 13.9 Å². The van der Waals surface area contributed by atoms with Crippen molar-refractivity contribution in [3.05, 3.63) is 40.1 Å². The minimum Gasteiger partial charge on any atom is -0.433 e. The van der Waals surface area contributed by atoms with Crippen LogP contribution < -0.4 is 10.1 Å². The van der Waals surface area contributed by atoms with Crippen molar-refractivity contribution in [3.8, 4) is 5.75 Å². The maximum Gasteiger partial charge on any atom is 0.387 e. The summed E-state index contributed by atoms with van der Waals surface area (Å²) in [6.45, 7) is 0.836. The van der Waals surface area contributed by atoms with E-state index in [2.05, 4.69) is 41.2 Å². The van der Waals surface area contributed by atoms with Crippen molar-refractivity contribution in [2.75, 3.05) is 5.32 Å². The lowest BCUT2D eigenvalue weighted by Gasteiger charge is -2.13. The molecular formula is C15H13BrF2N4O. The first-order valence-electron chi connectivity index (χ1n) is 6.78. The lowest BCUT2D eigenvalue weighted by Crippen LogP contribution is -2.05. The number of hydrogen-bond donors (Lipinski definition) is 2. The zero-order valence-electron chi connectivity index (χ0n) is 12.3. The topological polar surface area (TPSA) is 62.8 Å². The second-order valence-electron chi connectivity index (χ2n) is 5.00. The van der Waals surface area contributed by atoms with E-state index < -0.39 is 6.61 Å². The minimum absolute atomic E-state index is 0.0122. The number of ether oxygens (including phenoxy) is 1. The lowest BCUT2D eigenvalue weighted by atomic mass is 10.1. The molecule has 2 N–H and O–H groups in total. The fourth-order valence-electron chi connectivity index (χ4n) is 2.15. The van der Waals surface area contributed by atoms with Gasteiger partial charge >= 0.3 is 6.61 Å². The lowest BCUT2D eigenvalue weighted by molar-refractivity contribution is -0.0492. The van der Waals surface area contributed by atoms with Crippen LogP contribution in [0.1, 0.15) is 11.3 Å². The third kappa shape index (κ3) is 3.26. The highest BCUT2D eigenvalue weighted by molar-refractivity contribution is 9.10. The average Bonchev–Trinajstić information content (AvgIpc) is 2.79. The summed E-state index contributed by atoms with van der Waals surface area (Å²) in [5.41, 5.74) is 2.75. The molecule has 3 rings (SSSR count). The summed E-state index contributed by atoms with van der Waals surface area (Å²) in [4.78, 5) is 4.26. The molecule has 5 nitrogen and oxygen atoms in total. The van der Waals surface area contributed by atoms with Gasteiger partial charge in [-0.15, -0.1) is 0 Å². The average molecular weight is 383 g/mol. The van der Waals surface area contributed by atoms with Crippen LogP contribution in [-0.4, -0.2) is 21.8 Å². The Bertz CT molecular complexity index is 866. The van der Waals surface area contributed by atoms with Crippen LogP contribution >= 0.6 is 15.9 Å². The van der Waals surface area contributed by atoms with E-state index in [9.17, 15) is 8.78 Å². The van der Waals surface area contributed by atoms with E-state index in [1.807, 2.05) is 19.9 Å². The van der Waals surface area contributed by atoms with Crippen molar-refractivity contribution in [2.45, 2.75) is 20.5 Å². The second kappa shape index (κ2) is 6.11. The molecule has 1 aromatic carbocycles. The fraction of sp³-hybridized carbons (Fsp3) is 0.200. The van der Waals surface area contributed by atoms with Gasteiger partial charge < -0.3 is 10.1 Å². The van der Waals surface area contributed by atoms with E-state index in [1.165, 1.54) is 6.07 Å². The first kappa shape index (κ1) is 15.7. The maximum absolute atomic E-state index is 12.7. The van der Waals surface area contributed by atoms with Gasteiger partial charge in [0.15, 0.2) is 11.6 Å². The van der Waals surface area contributed by atoms with Crippen LogP contribution in [0.25, 0.3) is 10.9 Å². The van der Waals surface area contributed by atoms with Gasteiger partial charge in [0, 0.05) is 22.7 Å². The van der Waals surface area contributed by atoms with Crippen LogP contribution in [0.3, 0.4) is 0 Å². The molecule has 0 atom stereocenters. The van der Waals surface area contributed by atoms with E-state index in [-0.39, 0.29) is 5.75 Å². The summed E-state index contributed by atoms with van der Waals surface area (Å²) in [7, 11) is 0. The van der Waals surface area contributed by atoms with Crippen molar-refractivity contribution in [2.24, 2.45) is 0 Å². The van der Waals surface area contributed by atoms with Gasteiger partial charge in [-0.1, -0.05) is 6.07 Å². The number of aromatic amines is 1. The molecule has 0 fully saturated rings. The monoisotopic (exact) mass is 382 g/mol. The van der Waals surface area contributed by atoms with Crippen LogP contribution in [0.5, 0.6) is 5.75 Å². The number of benzene rings is 1. The molecule has 8 heteroatoms. The number of aryl methyl sites for hydroxylation is 1. The smallest absolute Gasteiger partial charge is 0.387 e. The largest absolute Gasteiger partial charge is 0.433 e. The van der Waals surface area contributed by atoms with Gasteiger partial charge in [0.1, 0.15) is 4.60 Å². The highest BCUT2D eigenvalue weighted by atomic mass is 79.9. The number of hydrogen-bond acceptors (Lipinski definition) is 4. The number of fused-ring (bicyclic) bond motifs is 1. The summed E-state index contributed by atoms with van der Waals surface area (Å²) in [6.07, 6.45) is 0. The Balaban J connectivity index is 2.09. The Hall–Kier alpha value is -2.22. The number of H-pyrrole nitrogens is 1. The van der Waals surface area contributed by atoms with Gasteiger partial charge in [-0.05, 0) is 41.9 Å². The molecule has 0 aliphatic carbocycles. The quantitative estimate of drug-likeness (QED) is 0.642. The van der Waals surface area contributed by atoms with E-state index >= 15 is 0 Å². The number of anilines is 2. The standard InChI is InChI=1S/C15H13BrF2N4O/c1-7-8(2)21-22-14(7)20-11-5-9-3-4-13(16)19-10(9)6-12(11)23-15(17)18/h3-6,15H,1-2H3,(H2,20,21,22). The molecule has 120 valence electrons. The summed E-state index contributed by atoms with van der Waals surface area (Å²) in [6, 6.07) is 6.80. The number of aromatic nitrogens is 3. The fourth-order valence-corrected chi connectivity index (χ4v) is 2.48. The molecule has 2 aromatic heterocycles. The Morgan fingerprint density at radius 3 is 2.70 bits per heavy atom. The van der Waals surface area contributed by atoms with Crippen molar-refractivity contribution >= 4 is 38.3 Å². The molecule has 2 heterocycles. The number of halogens is 3. The predicted octanol–water partition coefficient (Wildman–Crippen LogP) is 4.68. The van der Waals surface area contributed by atoms with Crippen molar-refractivity contribution < 1.29 is 13.5 Å². The second-order valence-corrected chi connectivity index (χ2v) is 5.81. The Morgan fingerprint density at radius 2 is 2.04 bits per heavy atom. The zero-order valence-corrected chi connectivity index (χ0v) is 13.9.